The van der Waals surface area contributed by atoms with E-state index in [0.29, 0.717) is 12.8 Å². The highest BCUT2D eigenvalue weighted by Crippen LogP contribution is 2.15. The summed E-state index contributed by atoms with van der Waals surface area (Å²) in [6, 6.07) is -0.558. The molecule has 1 aliphatic carbocycles. The Hall–Kier alpha value is -1.71. The van der Waals surface area contributed by atoms with Crippen LogP contribution in [0, 0.1) is 5.92 Å². The van der Waals surface area contributed by atoms with Crippen molar-refractivity contribution < 1.29 is 14.4 Å². The van der Waals surface area contributed by atoms with Crippen LogP contribution in [0.4, 0.5) is 0 Å². The van der Waals surface area contributed by atoms with Crippen LogP contribution in [0.25, 0.3) is 0 Å². The summed E-state index contributed by atoms with van der Waals surface area (Å²) in [4.78, 5) is 36.8. The zero-order valence-corrected chi connectivity index (χ0v) is 15.8. The Labute approximate surface area is 152 Å². The van der Waals surface area contributed by atoms with Gasteiger partial charge in [-0.2, -0.15) is 0 Å². The molecule has 1 N–H and O–H groups in total. The number of Topliss-reactive ketones (excluding diaryl/α,β-unsaturated/α-hetero) is 1. The molecular weight excluding hydrogens is 314 g/mol. The van der Waals surface area contributed by atoms with E-state index in [1.165, 1.54) is 25.3 Å². The summed E-state index contributed by atoms with van der Waals surface area (Å²) in [6.45, 7) is 4.23. The number of nitrogens with one attached hydrogen (secondary N) is 1. The van der Waals surface area contributed by atoms with E-state index in [2.05, 4.69) is 12.2 Å². The molecule has 0 bridgehead atoms. The van der Waals surface area contributed by atoms with Gasteiger partial charge < -0.3 is 5.32 Å². The van der Waals surface area contributed by atoms with Gasteiger partial charge in [0.05, 0.1) is 6.04 Å². The van der Waals surface area contributed by atoms with Gasteiger partial charge in [0.25, 0.3) is 0 Å². The predicted octanol–water partition coefficient (Wildman–Crippen LogP) is 4.29. The minimum atomic E-state index is -0.749. The summed E-state index contributed by atoms with van der Waals surface area (Å²) in [5.74, 6) is -1.21. The number of hydrogen-bond donors (Lipinski definition) is 1. The van der Waals surface area contributed by atoms with E-state index in [-0.39, 0.29) is 17.5 Å². The number of allylic oxidation sites excluding steroid dienone is 4. The first-order valence-corrected chi connectivity index (χ1v) is 9.82. The first kappa shape index (κ1) is 21.3. The van der Waals surface area contributed by atoms with E-state index in [9.17, 15) is 14.4 Å². The summed E-state index contributed by atoms with van der Waals surface area (Å²) in [5, 5.41) is 2.87. The van der Waals surface area contributed by atoms with Crippen LogP contribution in [0.2, 0.25) is 0 Å². The summed E-state index contributed by atoms with van der Waals surface area (Å²) in [5.41, 5.74) is 0. The fraction of sp³-hybridized carbons (Fsp3) is 0.667. The Morgan fingerprint density at radius 1 is 1.00 bits per heavy atom. The molecule has 0 aromatic carbocycles. The van der Waals surface area contributed by atoms with Crippen molar-refractivity contribution in [3.8, 4) is 0 Å². The highest BCUT2D eigenvalue weighted by molar-refractivity contribution is 6.12. The molecular formula is C21H33NO3. The molecule has 140 valence electrons. The molecule has 0 aromatic heterocycles. The largest absolute Gasteiger partial charge is 0.346 e. The maximum atomic E-state index is 12.7. The van der Waals surface area contributed by atoms with Crippen LogP contribution < -0.4 is 5.32 Å². The van der Waals surface area contributed by atoms with E-state index in [0.717, 1.165) is 32.1 Å². The highest BCUT2D eigenvalue weighted by Gasteiger charge is 2.30. The molecule has 0 heterocycles. The molecule has 4 nitrogen and oxygen atoms in total. The topological polar surface area (TPSA) is 63.2 Å². The third-order valence-electron chi connectivity index (χ3n) is 4.57. The zero-order chi connectivity index (χ0) is 18.5. The lowest BCUT2D eigenvalue weighted by atomic mass is 9.88. The van der Waals surface area contributed by atoms with Crippen molar-refractivity contribution in [1.29, 1.82) is 0 Å². The molecule has 2 unspecified atom stereocenters. The van der Waals surface area contributed by atoms with Gasteiger partial charge >= 0.3 is 0 Å². The molecule has 0 radical (unpaired) electrons. The maximum Gasteiger partial charge on any atom is 0.220 e. The van der Waals surface area contributed by atoms with Crippen molar-refractivity contribution in [2.24, 2.45) is 5.92 Å². The van der Waals surface area contributed by atoms with Crippen molar-refractivity contribution in [1.82, 2.24) is 5.32 Å². The summed E-state index contributed by atoms with van der Waals surface area (Å²) in [6.07, 6.45) is 16.0. The number of amides is 1. The van der Waals surface area contributed by atoms with Gasteiger partial charge in [-0.15, -0.1) is 0 Å². The van der Waals surface area contributed by atoms with Gasteiger partial charge in [0.15, 0.2) is 11.6 Å². The van der Waals surface area contributed by atoms with Gasteiger partial charge in [-0.05, 0) is 18.9 Å². The fourth-order valence-corrected chi connectivity index (χ4v) is 3.00. The number of ketones is 2. The Kier molecular flexibility index (Phi) is 10.8. The standard InChI is InChI=1S/C21H33NO3/c1-3-5-7-8-9-10-16-20(24)22-18(14-6-4-2)21(25)17-13-11-12-15-19(17)23/h11-13,15,17-18H,3-10,14,16H2,1-2H3,(H,22,24). The number of hydrogen-bond acceptors (Lipinski definition) is 3. The smallest absolute Gasteiger partial charge is 0.220 e. The van der Waals surface area contributed by atoms with Gasteiger partial charge in [0, 0.05) is 6.42 Å². The average molecular weight is 347 g/mol. The van der Waals surface area contributed by atoms with Crippen molar-refractivity contribution in [3.05, 3.63) is 24.3 Å². The molecule has 0 aromatic rings. The van der Waals surface area contributed by atoms with E-state index in [1.807, 2.05) is 6.92 Å². The number of carbonyl (C=O) groups excluding carboxylic acids is 3. The minimum Gasteiger partial charge on any atom is -0.346 e. The van der Waals surface area contributed by atoms with E-state index in [1.54, 1.807) is 18.2 Å². The Balaban J connectivity index is 2.47. The normalized spacial score (nSPS) is 17.5. The predicted molar refractivity (Wildman–Crippen MR) is 101 cm³/mol. The van der Waals surface area contributed by atoms with Gasteiger partial charge in [-0.3, -0.25) is 14.4 Å². The fourth-order valence-electron chi connectivity index (χ4n) is 3.00. The number of unbranched alkanes of at least 4 members (excludes halogenated alkanes) is 6. The van der Waals surface area contributed by atoms with E-state index >= 15 is 0 Å². The second-order valence-corrected chi connectivity index (χ2v) is 6.81. The second kappa shape index (κ2) is 12.6. The lowest BCUT2D eigenvalue weighted by molar-refractivity contribution is -0.133. The highest BCUT2D eigenvalue weighted by atomic mass is 16.2. The van der Waals surface area contributed by atoms with E-state index < -0.39 is 12.0 Å². The molecule has 0 saturated carbocycles. The van der Waals surface area contributed by atoms with Crippen molar-refractivity contribution in [2.75, 3.05) is 0 Å². The van der Waals surface area contributed by atoms with Crippen LogP contribution in [0.1, 0.15) is 78.1 Å². The maximum absolute atomic E-state index is 12.7. The summed E-state index contributed by atoms with van der Waals surface area (Å²) in [7, 11) is 0. The van der Waals surface area contributed by atoms with Gasteiger partial charge in [-0.25, -0.2) is 0 Å². The molecule has 0 aliphatic heterocycles. The first-order valence-electron chi connectivity index (χ1n) is 9.82. The van der Waals surface area contributed by atoms with Gasteiger partial charge in [-0.1, -0.05) is 77.0 Å². The number of carbonyl (C=O) groups is 3. The van der Waals surface area contributed by atoms with Crippen LogP contribution in [-0.4, -0.2) is 23.5 Å². The third kappa shape index (κ3) is 8.28. The van der Waals surface area contributed by atoms with Crippen LogP contribution in [-0.2, 0) is 14.4 Å². The molecule has 0 saturated heterocycles. The van der Waals surface area contributed by atoms with Crippen LogP contribution in [0.3, 0.4) is 0 Å². The first-order chi connectivity index (χ1) is 12.1. The minimum absolute atomic E-state index is 0.0762. The van der Waals surface area contributed by atoms with Crippen LogP contribution >= 0.6 is 0 Å². The molecule has 25 heavy (non-hydrogen) atoms. The zero-order valence-electron chi connectivity index (χ0n) is 15.8. The number of rotatable bonds is 13. The third-order valence-corrected chi connectivity index (χ3v) is 4.57. The van der Waals surface area contributed by atoms with E-state index in [4.69, 9.17) is 0 Å². The monoisotopic (exact) mass is 347 g/mol. The SMILES string of the molecule is CCCCCCCCC(=O)NC(CCCC)C(=O)C1C=CC=CC1=O. The average Bonchev–Trinajstić information content (AvgIpc) is 2.61. The Bertz CT molecular complexity index is 493. The van der Waals surface area contributed by atoms with Crippen molar-refractivity contribution in [3.63, 3.8) is 0 Å². The molecule has 0 fully saturated rings. The van der Waals surface area contributed by atoms with Crippen LogP contribution in [0.5, 0.6) is 0 Å². The van der Waals surface area contributed by atoms with Crippen LogP contribution in [0.15, 0.2) is 24.3 Å². The molecule has 4 heteroatoms. The van der Waals surface area contributed by atoms with Crippen molar-refractivity contribution >= 4 is 17.5 Å². The lowest BCUT2D eigenvalue weighted by Gasteiger charge is -2.21. The van der Waals surface area contributed by atoms with Crippen molar-refractivity contribution in [2.45, 2.75) is 84.1 Å². The Morgan fingerprint density at radius 2 is 1.68 bits per heavy atom. The second-order valence-electron chi connectivity index (χ2n) is 6.81. The summed E-state index contributed by atoms with van der Waals surface area (Å²) >= 11 is 0. The molecule has 1 aliphatic rings. The summed E-state index contributed by atoms with van der Waals surface area (Å²) < 4.78 is 0. The Morgan fingerprint density at radius 3 is 2.36 bits per heavy atom. The molecule has 2 atom stereocenters. The molecule has 1 rings (SSSR count). The molecule has 0 spiro atoms. The quantitative estimate of drug-likeness (QED) is 0.399. The van der Waals surface area contributed by atoms with Gasteiger partial charge in [0.1, 0.15) is 5.92 Å². The lowest BCUT2D eigenvalue weighted by Crippen LogP contribution is -2.45. The van der Waals surface area contributed by atoms with Gasteiger partial charge in [0.2, 0.25) is 5.91 Å². The molecule has 1 amide bonds.